The molecule has 0 aliphatic carbocycles. The van der Waals surface area contributed by atoms with Crippen LogP contribution in [0.3, 0.4) is 0 Å². The number of nitrogens with two attached hydrogens (primary N) is 1. The van der Waals surface area contributed by atoms with Crippen molar-refractivity contribution >= 4 is 21.9 Å². The number of carbonyl (C=O) groups is 1. The monoisotopic (exact) mass is 259 g/mol. The maximum Gasteiger partial charge on any atom is 0.334 e. The highest BCUT2D eigenvalue weighted by atomic mass is 79.9. The number of hydrogen-bond donors (Lipinski definition) is 3. The van der Waals surface area contributed by atoms with E-state index in [-0.39, 0.29) is 0 Å². The minimum Gasteiger partial charge on any atom is -0.479 e. The van der Waals surface area contributed by atoms with Gasteiger partial charge >= 0.3 is 5.97 Å². The highest BCUT2D eigenvalue weighted by Crippen LogP contribution is 2.19. The molecule has 14 heavy (non-hydrogen) atoms. The largest absolute Gasteiger partial charge is 0.479 e. The molecule has 0 saturated heterocycles. The Balaban J connectivity index is 2.89. The maximum absolute atomic E-state index is 10.5. The zero-order chi connectivity index (χ0) is 10.7. The number of aliphatic carboxylic acids is 1. The quantitative estimate of drug-likeness (QED) is 0.753. The van der Waals surface area contributed by atoms with Gasteiger partial charge in [-0.05, 0) is 17.7 Å². The first-order valence-corrected chi connectivity index (χ1v) is 4.73. The van der Waals surface area contributed by atoms with Gasteiger partial charge in [0.15, 0.2) is 6.10 Å². The fourth-order valence-corrected chi connectivity index (χ4v) is 1.47. The summed E-state index contributed by atoms with van der Waals surface area (Å²) in [6.45, 7) is 0. The fourth-order valence-electron chi connectivity index (χ4n) is 1.05. The predicted molar refractivity (Wildman–Crippen MR) is 54.7 cm³/mol. The molecule has 0 bridgehead atoms. The summed E-state index contributed by atoms with van der Waals surface area (Å²) >= 11 is 3.23. The summed E-state index contributed by atoms with van der Waals surface area (Å²) in [6, 6.07) is 5.96. The van der Waals surface area contributed by atoms with Gasteiger partial charge in [-0.3, -0.25) is 0 Å². The van der Waals surface area contributed by atoms with Crippen molar-refractivity contribution in [1.82, 2.24) is 0 Å². The summed E-state index contributed by atoms with van der Waals surface area (Å²) in [6.07, 6.45) is -1.58. The Morgan fingerprint density at radius 3 is 2.64 bits per heavy atom. The average Bonchev–Trinajstić information content (AvgIpc) is 2.15. The van der Waals surface area contributed by atoms with Gasteiger partial charge in [-0.15, -0.1) is 0 Å². The molecule has 0 aromatic heterocycles. The highest BCUT2D eigenvalue weighted by Gasteiger charge is 2.23. The second-order valence-electron chi connectivity index (χ2n) is 2.86. The molecule has 0 saturated carbocycles. The Hall–Kier alpha value is -0.910. The van der Waals surface area contributed by atoms with Crippen LogP contribution in [0.4, 0.5) is 0 Å². The molecule has 0 fully saturated rings. The predicted octanol–water partition coefficient (Wildman–Crippen LogP) is 0.894. The van der Waals surface area contributed by atoms with Crippen LogP contribution < -0.4 is 5.73 Å². The Bertz CT molecular complexity index is 343. The first kappa shape index (κ1) is 11.2. The Morgan fingerprint density at radius 1 is 1.50 bits per heavy atom. The number of halogens is 1. The third-order valence-corrected chi connectivity index (χ3v) is 2.32. The lowest BCUT2D eigenvalue weighted by Crippen LogP contribution is -2.33. The molecule has 0 unspecified atom stereocenters. The Kier molecular flexibility index (Phi) is 3.62. The lowest BCUT2D eigenvalue weighted by Gasteiger charge is -2.15. The van der Waals surface area contributed by atoms with Crippen molar-refractivity contribution in [2.45, 2.75) is 12.1 Å². The average molecular weight is 260 g/mol. The Morgan fingerprint density at radius 2 is 2.14 bits per heavy atom. The molecule has 0 aliphatic heterocycles. The molecule has 2 atom stereocenters. The molecule has 0 amide bonds. The van der Waals surface area contributed by atoms with Crippen molar-refractivity contribution in [3.05, 3.63) is 34.3 Å². The van der Waals surface area contributed by atoms with Crippen LogP contribution in [0.5, 0.6) is 0 Å². The minimum atomic E-state index is -1.58. The number of rotatable bonds is 3. The molecule has 0 aliphatic rings. The second-order valence-corrected chi connectivity index (χ2v) is 3.78. The lowest BCUT2D eigenvalue weighted by molar-refractivity contribution is -0.147. The summed E-state index contributed by atoms with van der Waals surface area (Å²) in [5.74, 6) is -1.32. The molecule has 1 rings (SSSR count). The number of hydrogen-bond acceptors (Lipinski definition) is 3. The van der Waals surface area contributed by atoms with E-state index >= 15 is 0 Å². The van der Waals surface area contributed by atoms with Crippen LogP contribution in [0.2, 0.25) is 0 Å². The van der Waals surface area contributed by atoms with Gasteiger partial charge in [0.25, 0.3) is 0 Å². The number of aliphatic hydroxyl groups is 1. The van der Waals surface area contributed by atoms with E-state index in [4.69, 9.17) is 10.8 Å². The molecule has 0 spiro atoms. The van der Waals surface area contributed by atoms with E-state index in [9.17, 15) is 9.90 Å². The van der Waals surface area contributed by atoms with Gasteiger partial charge < -0.3 is 15.9 Å². The van der Waals surface area contributed by atoms with Gasteiger partial charge in [-0.2, -0.15) is 0 Å². The van der Waals surface area contributed by atoms with Crippen LogP contribution in [0.15, 0.2) is 28.7 Å². The molecular formula is C9H10BrNO3. The van der Waals surface area contributed by atoms with Crippen molar-refractivity contribution < 1.29 is 15.0 Å². The summed E-state index contributed by atoms with van der Waals surface area (Å²) in [5, 5.41) is 17.7. The van der Waals surface area contributed by atoms with E-state index in [1.807, 2.05) is 0 Å². The van der Waals surface area contributed by atoms with Crippen LogP contribution in [-0.4, -0.2) is 22.3 Å². The van der Waals surface area contributed by atoms with Crippen molar-refractivity contribution in [1.29, 1.82) is 0 Å². The number of aliphatic hydroxyl groups excluding tert-OH is 1. The van der Waals surface area contributed by atoms with Crippen LogP contribution >= 0.6 is 15.9 Å². The van der Waals surface area contributed by atoms with Gasteiger partial charge in [-0.25, -0.2) is 4.79 Å². The standard InChI is InChI=1S/C9H10BrNO3/c10-6-3-1-2-5(4-6)7(11)8(12)9(13)14/h1-4,7-8,12H,11H2,(H,13,14)/t7-,8-/m0/s1. The highest BCUT2D eigenvalue weighted by molar-refractivity contribution is 9.10. The lowest BCUT2D eigenvalue weighted by atomic mass is 10.0. The molecular weight excluding hydrogens is 250 g/mol. The summed E-state index contributed by atoms with van der Waals surface area (Å²) in [7, 11) is 0. The van der Waals surface area contributed by atoms with Crippen molar-refractivity contribution in [3.63, 3.8) is 0 Å². The fraction of sp³-hybridized carbons (Fsp3) is 0.222. The van der Waals surface area contributed by atoms with E-state index in [0.29, 0.717) is 5.56 Å². The van der Waals surface area contributed by atoms with Gasteiger partial charge in [0.1, 0.15) is 0 Å². The number of carboxylic acid groups (broad SMARTS) is 1. The Labute approximate surface area is 89.5 Å². The molecule has 5 heteroatoms. The molecule has 0 radical (unpaired) electrons. The van der Waals surface area contributed by atoms with E-state index < -0.39 is 18.1 Å². The van der Waals surface area contributed by atoms with Crippen LogP contribution in [0.25, 0.3) is 0 Å². The summed E-state index contributed by atoms with van der Waals surface area (Å²) in [5.41, 5.74) is 6.13. The van der Waals surface area contributed by atoms with E-state index in [2.05, 4.69) is 15.9 Å². The van der Waals surface area contributed by atoms with Gasteiger partial charge in [0.2, 0.25) is 0 Å². The van der Waals surface area contributed by atoms with E-state index in [0.717, 1.165) is 4.47 Å². The minimum absolute atomic E-state index is 0.578. The number of carboxylic acids is 1. The third kappa shape index (κ3) is 2.54. The normalized spacial score (nSPS) is 14.8. The zero-order valence-electron chi connectivity index (χ0n) is 7.22. The summed E-state index contributed by atoms with van der Waals surface area (Å²) < 4.78 is 0.794. The van der Waals surface area contributed by atoms with Crippen LogP contribution in [0.1, 0.15) is 11.6 Å². The molecule has 4 N–H and O–H groups in total. The smallest absolute Gasteiger partial charge is 0.334 e. The summed E-state index contributed by atoms with van der Waals surface area (Å²) in [4.78, 5) is 10.5. The van der Waals surface area contributed by atoms with Crippen molar-refractivity contribution in [2.75, 3.05) is 0 Å². The maximum atomic E-state index is 10.5. The van der Waals surface area contributed by atoms with Crippen molar-refractivity contribution in [2.24, 2.45) is 5.73 Å². The topological polar surface area (TPSA) is 83.5 Å². The first-order chi connectivity index (χ1) is 6.52. The molecule has 4 nitrogen and oxygen atoms in total. The van der Waals surface area contributed by atoms with Gasteiger partial charge in [-0.1, -0.05) is 28.1 Å². The first-order valence-electron chi connectivity index (χ1n) is 3.94. The SMILES string of the molecule is N[C@@H](c1cccc(Br)c1)[C@H](O)C(=O)O. The van der Waals surface area contributed by atoms with Crippen LogP contribution in [0, 0.1) is 0 Å². The van der Waals surface area contributed by atoms with Gasteiger partial charge in [0.05, 0.1) is 6.04 Å². The third-order valence-electron chi connectivity index (χ3n) is 1.83. The second kappa shape index (κ2) is 4.54. The number of benzene rings is 1. The molecule has 1 aromatic rings. The zero-order valence-corrected chi connectivity index (χ0v) is 8.81. The molecule has 76 valence electrons. The van der Waals surface area contributed by atoms with Crippen LogP contribution in [-0.2, 0) is 4.79 Å². The van der Waals surface area contributed by atoms with E-state index in [1.54, 1.807) is 24.3 Å². The molecule has 1 aromatic carbocycles. The van der Waals surface area contributed by atoms with Gasteiger partial charge in [0, 0.05) is 4.47 Å². The van der Waals surface area contributed by atoms with Crippen molar-refractivity contribution in [3.8, 4) is 0 Å². The molecule has 0 heterocycles. The van der Waals surface area contributed by atoms with E-state index in [1.165, 1.54) is 0 Å².